The van der Waals surface area contributed by atoms with Gasteiger partial charge in [-0.2, -0.15) is 0 Å². The zero-order chi connectivity index (χ0) is 17.9. The van der Waals surface area contributed by atoms with E-state index in [2.05, 4.69) is 15.0 Å². The number of pyridine rings is 1. The van der Waals surface area contributed by atoms with Crippen LogP contribution in [0.3, 0.4) is 0 Å². The van der Waals surface area contributed by atoms with Gasteiger partial charge in [-0.3, -0.25) is 14.6 Å². The van der Waals surface area contributed by atoms with Crippen LogP contribution >= 0.6 is 0 Å². The molecule has 1 aliphatic heterocycles. The zero-order valence-corrected chi connectivity index (χ0v) is 14.4. The summed E-state index contributed by atoms with van der Waals surface area (Å²) in [5.74, 6) is 0.0486. The Balaban J connectivity index is 1.48. The third kappa shape index (κ3) is 3.22. The molecule has 0 saturated carbocycles. The Morgan fingerprint density at radius 1 is 1.19 bits per heavy atom. The van der Waals surface area contributed by atoms with E-state index in [0.717, 1.165) is 30.6 Å². The summed E-state index contributed by atoms with van der Waals surface area (Å²) in [4.78, 5) is 38.5. The lowest BCUT2D eigenvalue weighted by Crippen LogP contribution is -2.31. The molecule has 132 valence electrons. The largest absolute Gasteiger partial charge is 0.334 e. The number of rotatable bonds is 4. The highest BCUT2D eigenvalue weighted by Crippen LogP contribution is 2.31. The van der Waals surface area contributed by atoms with E-state index in [4.69, 9.17) is 0 Å². The first kappa shape index (κ1) is 16.4. The van der Waals surface area contributed by atoms with Crippen LogP contribution in [0, 0.1) is 0 Å². The first-order valence-electron chi connectivity index (χ1n) is 8.91. The SMILES string of the molecule is O=C(CCc1nc2ccccc2[nH]c1=O)N1CCCC1c1ccccn1. The van der Waals surface area contributed by atoms with Crippen LogP contribution in [0.2, 0.25) is 0 Å². The number of carbonyl (C=O) groups is 1. The van der Waals surface area contributed by atoms with Crippen LogP contribution in [0.5, 0.6) is 0 Å². The molecule has 1 atom stereocenters. The van der Waals surface area contributed by atoms with Crippen LogP contribution in [0.1, 0.15) is 36.7 Å². The molecule has 6 nitrogen and oxygen atoms in total. The Morgan fingerprint density at radius 3 is 2.88 bits per heavy atom. The predicted octanol–water partition coefficient (Wildman–Crippen LogP) is 2.61. The fourth-order valence-electron chi connectivity index (χ4n) is 3.55. The molecule has 2 aromatic heterocycles. The van der Waals surface area contributed by atoms with Gasteiger partial charge in [-0.15, -0.1) is 0 Å². The maximum absolute atomic E-state index is 12.7. The van der Waals surface area contributed by atoms with Crippen molar-refractivity contribution in [1.29, 1.82) is 0 Å². The zero-order valence-electron chi connectivity index (χ0n) is 14.4. The molecule has 0 spiro atoms. The number of hydrogen-bond acceptors (Lipinski definition) is 4. The molecule has 1 amide bonds. The minimum absolute atomic E-state index is 0.0338. The first-order valence-corrected chi connectivity index (χ1v) is 8.91. The number of nitrogens with one attached hydrogen (secondary N) is 1. The van der Waals surface area contributed by atoms with Crippen LogP contribution in [0.15, 0.2) is 53.5 Å². The maximum Gasteiger partial charge on any atom is 0.270 e. The molecule has 1 aromatic carbocycles. The molecule has 0 radical (unpaired) electrons. The minimum atomic E-state index is -0.223. The van der Waals surface area contributed by atoms with Crippen LogP contribution in [0.4, 0.5) is 0 Å². The van der Waals surface area contributed by atoms with Gasteiger partial charge in [-0.1, -0.05) is 18.2 Å². The highest BCUT2D eigenvalue weighted by molar-refractivity contribution is 5.77. The third-order valence-corrected chi connectivity index (χ3v) is 4.85. The van der Waals surface area contributed by atoms with Gasteiger partial charge < -0.3 is 9.88 Å². The Hall–Kier alpha value is -3.02. The number of likely N-dealkylation sites (tertiary alicyclic amines) is 1. The van der Waals surface area contributed by atoms with Gasteiger partial charge in [0.25, 0.3) is 5.56 Å². The van der Waals surface area contributed by atoms with Crippen molar-refractivity contribution in [1.82, 2.24) is 19.9 Å². The number of aromatic nitrogens is 3. The summed E-state index contributed by atoms with van der Waals surface area (Å²) in [6.45, 7) is 0.738. The smallest absolute Gasteiger partial charge is 0.270 e. The molecule has 0 aliphatic carbocycles. The maximum atomic E-state index is 12.7. The van der Waals surface area contributed by atoms with Crippen molar-refractivity contribution >= 4 is 16.9 Å². The number of amides is 1. The molecule has 1 N–H and O–H groups in total. The topological polar surface area (TPSA) is 79.0 Å². The van der Waals surface area contributed by atoms with E-state index in [9.17, 15) is 9.59 Å². The van der Waals surface area contributed by atoms with Crippen molar-refractivity contribution in [3.05, 3.63) is 70.4 Å². The lowest BCUT2D eigenvalue weighted by molar-refractivity contribution is -0.132. The monoisotopic (exact) mass is 348 g/mol. The van der Waals surface area contributed by atoms with Gasteiger partial charge in [0.1, 0.15) is 5.69 Å². The van der Waals surface area contributed by atoms with E-state index in [1.165, 1.54) is 0 Å². The number of aryl methyl sites for hydroxylation is 1. The Kier molecular flexibility index (Phi) is 4.48. The van der Waals surface area contributed by atoms with Gasteiger partial charge in [-0.05, 0) is 37.1 Å². The normalized spacial score (nSPS) is 16.9. The summed E-state index contributed by atoms with van der Waals surface area (Å²) in [6.07, 6.45) is 4.27. The van der Waals surface area contributed by atoms with Crippen molar-refractivity contribution in [3.8, 4) is 0 Å². The van der Waals surface area contributed by atoms with Crippen molar-refractivity contribution in [2.24, 2.45) is 0 Å². The molecule has 3 aromatic rings. The quantitative estimate of drug-likeness (QED) is 0.786. The van der Waals surface area contributed by atoms with Gasteiger partial charge in [0.2, 0.25) is 5.91 Å². The summed E-state index contributed by atoms with van der Waals surface area (Å²) in [5, 5.41) is 0. The molecule has 6 heteroatoms. The number of hydrogen-bond donors (Lipinski definition) is 1. The second-order valence-electron chi connectivity index (χ2n) is 6.53. The number of fused-ring (bicyclic) bond motifs is 1. The molecular weight excluding hydrogens is 328 g/mol. The number of aromatic amines is 1. The third-order valence-electron chi connectivity index (χ3n) is 4.85. The van der Waals surface area contributed by atoms with E-state index in [1.54, 1.807) is 6.20 Å². The highest BCUT2D eigenvalue weighted by Gasteiger charge is 2.30. The fourth-order valence-corrected chi connectivity index (χ4v) is 3.55. The Morgan fingerprint density at radius 2 is 2.04 bits per heavy atom. The second-order valence-corrected chi connectivity index (χ2v) is 6.53. The molecule has 1 aliphatic rings. The van der Waals surface area contributed by atoms with Gasteiger partial charge in [0.05, 0.1) is 22.8 Å². The van der Waals surface area contributed by atoms with E-state index >= 15 is 0 Å². The highest BCUT2D eigenvalue weighted by atomic mass is 16.2. The summed E-state index contributed by atoms with van der Waals surface area (Å²) in [5.41, 5.74) is 2.56. The summed E-state index contributed by atoms with van der Waals surface area (Å²) >= 11 is 0. The summed E-state index contributed by atoms with van der Waals surface area (Å²) in [6, 6.07) is 13.2. The number of H-pyrrole nitrogens is 1. The van der Waals surface area contributed by atoms with Gasteiger partial charge in [-0.25, -0.2) is 4.98 Å². The fraction of sp³-hybridized carbons (Fsp3) is 0.300. The van der Waals surface area contributed by atoms with Crippen LogP contribution < -0.4 is 5.56 Å². The minimum Gasteiger partial charge on any atom is -0.334 e. The molecular formula is C20H20N4O2. The predicted molar refractivity (Wildman–Crippen MR) is 98.6 cm³/mol. The average molecular weight is 348 g/mol. The first-order chi connectivity index (χ1) is 12.7. The van der Waals surface area contributed by atoms with Crippen molar-refractivity contribution in [2.75, 3.05) is 6.54 Å². The molecule has 1 saturated heterocycles. The molecule has 1 fully saturated rings. The summed E-state index contributed by atoms with van der Waals surface area (Å²) < 4.78 is 0. The van der Waals surface area contributed by atoms with Crippen molar-refractivity contribution in [3.63, 3.8) is 0 Å². The lowest BCUT2D eigenvalue weighted by atomic mass is 10.1. The van der Waals surface area contributed by atoms with E-state index in [-0.39, 0.29) is 23.9 Å². The second kappa shape index (κ2) is 7.07. The molecule has 0 bridgehead atoms. The van der Waals surface area contributed by atoms with E-state index in [0.29, 0.717) is 17.6 Å². The standard InChI is InChI=1S/C20H20N4O2/c25-19(24-13-5-9-18(24)16-8-3-4-12-21-16)11-10-17-20(26)23-15-7-2-1-6-14(15)22-17/h1-4,6-8,12,18H,5,9-11,13H2,(H,23,26). The van der Waals surface area contributed by atoms with Gasteiger partial charge in [0.15, 0.2) is 0 Å². The summed E-state index contributed by atoms with van der Waals surface area (Å²) in [7, 11) is 0. The van der Waals surface area contributed by atoms with Crippen LogP contribution in [-0.2, 0) is 11.2 Å². The van der Waals surface area contributed by atoms with Crippen molar-refractivity contribution in [2.45, 2.75) is 31.7 Å². The number of para-hydroxylation sites is 2. The number of benzene rings is 1. The number of nitrogens with zero attached hydrogens (tertiary/aromatic N) is 3. The lowest BCUT2D eigenvalue weighted by Gasteiger charge is -2.24. The van der Waals surface area contributed by atoms with Crippen LogP contribution in [0.25, 0.3) is 11.0 Å². The number of carbonyl (C=O) groups excluding carboxylic acids is 1. The average Bonchev–Trinajstić information content (AvgIpc) is 3.17. The van der Waals surface area contributed by atoms with E-state index in [1.807, 2.05) is 47.4 Å². The Bertz CT molecular complexity index is 984. The molecule has 1 unspecified atom stereocenters. The molecule has 4 rings (SSSR count). The van der Waals surface area contributed by atoms with Crippen molar-refractivity contribution < 1.29 is 4.79 Å². The Labute approximate surface area is 150 Å². The molecule has 26 heavy (non-hydrogen) atoms. The molecule has 3 heterocycles. The van der Waals surface area contributed by atoms with E-state index < -0.39 is 0 Å². The van der Waals surface area contributed by atoms with Crippen LogP contribution in [-0.4, -0.2) is 32.3 Å². The van der Waals surface area contributed by atoms with Gasteiger partial charge in [0, 0.05) is 25.6 Å². The van der Waals surface area contributed by atoms with Gasteiger partial charge >= 0.3 is 0 Å².